The third-order valence-corrected chi connectivity index (χ3v) is 7.29. The number of imide groups is 1. The molecule has 1 saturated heterocycles. The lowest BCUT2D eigenvalue weighted by Gasteiger charge is -2.14. The minimum Gasteiger partial charge on any atom is -0.354 e. The first kappa shape index (κ1) is 26.3. The van der Waals surface area contributed by atoms with Crippen LogP contribution in [0.15, 0.2) is 0 Å². The molecule has 3 unspecified atom stereocenters. The number of unbranched alkanes of at least 4 members (excludes halogenated alkanes) is 2. The number of hydrogen-bond acceptors (Lipinski definition) is 9. The molecule has 0 radical (unpaired) electrons. The van der Waals surface area contributed by atoms with Crippen molar-refractivity contribution < 1.29 is 36.9 Å². The van der Waals surface area contributed by atoms with Crippen molar-refractivity contribution in [2.45, 2.75) is 57.3 Å². The summed E-state index contributed by atoms with van der Waals surface area (Å²) < 4.78 is 37.1. The lowest BCUT2D eigenvalue weighted by Crippen LogP contribution is -2.32. The quantitative estimate of drug-likeness (QED) is 0.217. The van der Waals surface area contributed by atoms with E-state index in [9.17, 15) is 23.5 Å². The number of likely N-dealkylation sites (tertiary alicyclic amines) is 1. The molecule has 1 aliphatic heterocycles. The lowest BCUT2D eigenvalue weighted by molar-refractivity contribution is -0.138. The molecule has 1 aliphatic rings. The van der Waals surface area contributed by atoms with E-state index in [-0.39, 0.29) is 48.6 Å². The molecular formula is C16H30N2O8P2S. The van der Waals surface area contributed by atoms with Crippen LogP contribution in [0.25, 0.3) is 0 Å². The summed E-state index contributed by atoms with van der Waals surface area (Å²) >= 11 is 1.39. The van der Waals surface area contributed by atoms with Crippen LogP contribution in [0.4, 0.5) is 0 Å². The van der Waals surface area contributed by atoms with Crippen molar-refractivity contribution in [2.75, 3.05) is 26.0 Å². The highest BCUT2D eigenvalue weighted by atomic mass is 32.2. The average molecular weight is 472 g/mol. The molecular weight excluding hydrogens is 442 g/mol. The molecule has 1 N–H and O–H groups in total. The summed E-state index contributed by atoms with van der Waals surface area (Å²) in [6.07, 6.45) is 4.09. The topological polar surface area (TPSA) is 128 Å². The summed E-state index contributed by atoms with van der Waals surface area (Å²) in [5.74, 6) is -0.428. The van der Waals surface area contributed by atoms with Gasteiger partial charge in [0.2, 0.25) is 17.7 Å². The van der Waals surface area contributed by atoms with Crippen LogP contribution in [0.3, 0.4) is 0 Å². The predicted molar refractivity (Wildman–Crippen MR) is 111 cm³/mol. The van der Waals surface area contributed by atoms with Gasteiger partial charge in [0.1, 0.15) is 0 Å². The van der Waals surface area contributed by atoms with Crippen molar-refractivity contribution in [1.29, 1.82) is 0 Å². The summed E-state index contributed by atoms with van der Waals surface area (Å²) in [5, 5.41) is 2.36. The van der Waals surface area contributed by atoms with Gasteiger partial charge in [-0.25, -0.2) is 4.31 Å². The summed E-state index contributed by atoms with van der Waals surface area (Å²) in [6, 6.07) is 0. The Hall–Kier alpha value is -0.700. The molecule has 29 heavy (non-hydrogen) atoms. The molecule has 0 aromatic carbocycles. The maximum Gasteiger partial charge on any atom is 0.326 e. The SMILES string of the molecule is CSC1CC(=O)N(CCCCCC(=O)NCCO[PH](=O)O[PH](=O)OC(C)C)C1=O. The molecule has 1 fully saturated rings. The molecule has 168 valence electrons. The van der Waals surface area contributed by atoms with Crippen molar-refractivity contribution in [3.8, 4) is 0 Å². The largest absolute Gasteiger partial charge is 0.354 e. The Kier molecular flexibility index (Phi) is 13.0. The van der Waals surface area contributed by atoms with Crippen LogP contribution in [-0.4, -0.2) is 59.9 Å². The summed E-state index contributed by atoms with van der Waals surface area (Å²) in [6.45, 7) is 3.85. The Bertz CT molecular complexity index is 620. The Labute approximate surface area is 176 Å². The van der Waals surface area contributed by atoms with Crippen LogP contribution in [0, 0.1) is 0 Å². The maximum atomic E-state index is 12.0. The van der Waals surface area contributed by atoms with Crippen molar-refractivity contribution in [3.63, 3.8) is 0 Å². The first-order chi connectivity index (χ1) is 13.7. The Morgan fingerprint density at radius 2 is 1.97 bits per heavy atom. The minimum atomic E-state index is -2.93. The molecule has 0 bridgehead atoms. The summed E-state index contributed by atoms with van der Waals surface area (Å²) in [5.41, 5.74) is 0. The Balaban J connectivity index is 2.04. The van der Waals surface area contributed by atoms with Gasteiger partial charge in [0.25, 0.3) is 0 Å². The van der Waals surface area contributed by atoms with E-state index in [1.54, 1.807) is 13.8 Å². The van der Waals surface area contributed by atoms with Gasteiger partial charge in [0.15, 0.2) is 0 Å². The van der Waals surface area contributed by atoms with E-state index in [4.69, 9.17) is 9.05 Å². The van der Waals surface area contributed by atoms with Gasteiger partial charge in [0.05, 0.1) is 18.0 Å². The molecule has 3 atom stereocenters. The van der Waals surface area contributed by atoms with Crippen molar-refractivity contribution in [3.05, 3.63) is 0 Å². The van der Waals surface area contributed by atoms with Gasteiger partial charge in [0, 0.05) is 25.9 Å². The first-order valence-electron chi connectivity index (χ1n) is 9.43. The number of carbonyl (C=O) groups is 3. The smallest absolute Gasteiger partial charge is 0.326 e. The van der Waals surface area contributed by atoms with E-state index >= 15 is 0 Å². The van der Waals surface area contributed by atoms with Gasteiger partial charge in [-0.1, -0.05) is 6.42 Å². The lowest BCUT2D eigenvalue weighted by atomic mass is 10.2. The van der Waals surface area contributed by atoms with E-state index in [1.165, 1.54) is 16.7 Å². The highest BCUT2D eigenvalue weighted by Gasteiger charge is 2.37. The van der Waals surface area contributed by atoms with Gasteiger partial charge in [-0.05, 0) is 32.9 Å². The number of carbonyl (C=O) groups excluding carboxylic acids is 3. The number of nitrogens with one attached hydrogen (secondary N) is 1. The van der Waals surface area contributed by atoms with Crippen LogP contribution in [-0.2, 0) is 36.9 Å². The molecule has 1 rings (SSSR count). The summed E-state index contributed by atoms with van der Waals surface area (Å²) in [7, 11) is -5.78. The third-order valence-electron chi connectivity index (χ3n) is 3.92. The average Bonchev–Trinajstić information content (AvgIpc) is 2.91. The molecule has 10 nitrogen and oxygen atoms in total. The van der Waals surface area contributed by atoms with E-state index in [1.807, 2.05) is 6.26 Å². The van der Waals surface area contributed by atoms with E-state index in [0.29, 0.717) is 25.8 Å². The van der Waals surface area contributed by atoms with Crippen LogP contribution >= 0.6 is 28.3 Å². The van der Waals surface area contributed by atoms with Crippen molar-refractivity contribution in [1.82, 2.24) is 10.2 Å². The molecule has 0 spiro atoms. The maximum absolute atomic E-state index is 12.0. The molecule has 3 amide bonds. The fourth-order valence-electron chi connectivity index (χ4n) is 2.53. The molecule has 1 heterocycles. The van der Waals surface area contributed by atoms with Gasteiger partial charge in [-0.15, -0.1) is 0 Å². The highest BCUT2D eigenvalue weighted by Crippen LogP contribution is 2.40. The zero-order valence-corrected chi connectivity index (χ0v) is 19.7. The van der Waals surface area contributed by atoms with E-state index < -0.39 is 16.5 Å². The zero-order valence-electron chi connectivity index (χ0n) is 16.9. The number of thioether (sulfide) groups is 1. The number of amides is 3. The Morgan fingerprint density at radius 1 is 1.24 bits per heavy atom. The zero-order chi connectivity index (χ0) is 21.8. The molecule has 0 saturated carbocycles. The third kappa shape index (κ3) is 10.8. The second-order valence-electron chi connectivity index (χ2n) is 6.59. The molecule has 13 heteroatoms. The second kappa shape index (κ2) is 14.3. The molecule has 0 aromatic heterocycles. The van der Waals surface area contributed by atoms with Crippen LogP contribution in [0.2, 0.25) is 0 Å². The van der Waals surface area contributed by atoms with Gasteiger partial charge in [-0.3, -0.25) is 28.4 Å². The molecule has 0 aromatic rings. The van der Waals surface area contributed by atoms with E-state index in [2.05, 4.69) is 9.63 Å². The minimum absolute atomic E-state index is 0.0316. The fraction of sp³-hybridized carbons (Fsp3) is 0.812. The number of rotatable bonds is 15. The highest BCUT2D eigenvalue weighted by molar-refractivity contribution is 8.00. The monoisotopic (exact) mass is 472 g/mol. The number of nitrogens with zero attached hydrogens (tertiary/aromatic N) is 1. The normalized spacial score (nSPS) is 19.0. The van der Waals surface area contributed by atoms with Crippen LogP contribution < -0.4 is 5.32 Å². The molecule has 0 aliphatic carbocycles. The predicted octanol–water partition coefficient (Wildman–Crippen LogP) is 2.39. The first-order valence-corrected chi connectivity index (χ1v) is 13.2. The Morgan fingerprint density at radius 3 is 2.59 bits per heavy atom. The second-order valence-corrected chi connectivity index (χ2v) is 9.97. The van der Waals surface area contributed by atoms with E-state index in [0.717, 1.165) is 6.42 Å². The van der Waals surface area contributed by atoms with Gasteiger partial charge >= 0.3 is 16.5 Å². The van der Waals surface area contributed by atoms with Gasteiger partial charge in [-0.2, -0.15) is 11.8 Å². The van der Waals surface area contributed by atoms with Crippen molar-refractivity contribution >= 4 is 46.0 Å². The van der Waals surface area contributed by atoms with Gasteiger partial charge < -0.3 is 14.4 Å². The van der Waals surface area contributed by atoms with Crippen molar-refractivity contribution in [2.24, 2.45) is 0 Å². The van der Waals surface area contributed by atoms with Crippen LogP contribution in [0.5, 0.6) is 0 Å². The number of hydrogen-bond donors (Lipinski definition) is 1. The fourth-order valence-corrected chi connectivity index (χ4v) is 4.80. The summed E-state index contributed by atoms with van der Waals surface area (Å²) in [4.78, 5) is 36.8. The van der Waals surface area contributed by atoms with Crippen LogP contribution in [0.1, 0.15) is 46.0 Å². The standard InChI is InChI=1S/C16H30N2O8P2S/c1-12(2)25-28(23)26-27(22)24-10-8-17-14(19)7-5-4-6-9-18-15(20)11-13(29-3)16(18)21/h12-13,27-28H,4-11H2,1-3H3,(H,17,19).